The molecule has 18 heavy (non-hydrogen) atoms. The number of rotatable bonds is 6. The fourth-order valence-electron chi connectivity index (χ4n) is 1.80. The van der Waals surface area contributed by atoms with Crippen molar-refractivity contribution in [2.24, 2.45) is 5.73 Å². The van der Waals surface area contributed by atoms with E-state index in [9.17, 15) is 8.42 Å². The van der Waals surface area contributed by atoms with Crippen molar-refractivity contribution in [2.45, 2.75) is 31.3 Å². The minimum absolute atomic E-state index is 0.161. The molecule has 104 valence electrons. The van der Waals surface area contributed by atoms with Gasteiger partial charge in [-0.25, -0.2) is 13.1 Å². The largest absolute Gasteiger partial charge is 0.464 e. The predicted molar refractivity (Wildman–Crippen MR) is 69.7 cm³/mol. The Kier molecular flexibility index (Phi) is 4.92. The number of sulfonamides is 1. The fourth-order valence-corrected chi connectivity index (χ4v) is 3.24. The molecule has 1 atom stereocenters. The molecule has 6 nitrogen and oxygen atoms in total. The van der Waals surface area contributed by atoms with Crippen LogP contribution in [0, 0.1) is 6.92 Å². The standard InChI is InChI=1S/C11H21N3O3S/c1-8(7-14(3)4)13-18(15,16)11-5-10(6-12)17-9(11)2/h5,8,13H,6-7,12H2,1-4H3. The molecule has 0 aliphatic rings. The number of hydrogen-bond acceptors (Lipinski definition) is 5. The number of furan rings is 1. The van der Waals surface area contributed by atoms with Crippen LogP contribution in [0.3, 0.4) is 0 Å². The van der Waals surface area contributed by atoms with Gasteiger partial charge in [-0.05, 0) is 27.9 Å². The van der Waals surface area contributed by atoms with Crippen molar-refractivity contribution in [3.63, 3.8) is 0 Å². The topological polar surface area (TPSA) is 88.6 Å². The summed E-state index contributed by atoms with van der Waals surface area (Å²) in [5.41, 5.74) is 5.43. The van der Waals surface area contributed by atoms with Crippen LogP contribution in [-0.2, 0) is 16.6 Å². The van der Waals surface area contributed by atoms with Crippen molar-refractivity contribution < 1.29 is 12.8 Å². The van der Waals surface area contributed by atoms with Crippen LogP contribution in [0.2, 0.25) is 0 Å². The molecule has 0 bridgehead atoms. The number of likely N-dealkylation sites (N-methyl/N-ethyl adjacent to an activating group) is 1. The van der Waals surface area contributed by atoms with Gasteiger partial charge in [0.05, 0.1) is 6.54 Å². The quantitative estimate of drug-likeness (QED) is 0.778. The minimum Gasteiger partial charge on any atom is -0.464 e. The third kappa shape index (κ3) is 3.81. The first-order valence-corrected chi connectivity index (χ1v) is 7.21. The summed E-state index contributed by atoms with van der Waals surface area (Å²) in [6.45, 7) is 4.24. The van der Waals surface area contributed by atoms with E-state index in [0.29, 0.717) is 18.1 Å². The summed E-state index contributed by atoms with van der Waals surface area (Å²) in [7, 11) is 0.228. The number of nitrogens with two attached hydrogens (primary N) is 1. The molecule has 1 rings (SSSR count). The van der Waals surface area contributed by atoms with Crippen LogP contribution in [0.25, 0.3) is 0 Å². The molecule has 0 radical (unpaired) electrons. The van der Waals surface area contributed by atoms with E-state index >= 15 is 0 Å². The van der Waals surface area contributed by atoms with E-state index in [2.05, 4.69) is 4.72 Å². The van der Waals surface area contributed by atoms with E-state index < -0.39 is 10.0 Å². The second-order valence-electron chi connectivity index (χ2n) is 4.62. The van der Waals surface area contributed by atoms with Gasteiger partial charge in [-0.3, -0.25) is 0 Å². The molecule has 0 aliphatic heterocycles. The lowest BCUT2D eigenvalue weighted by Crippen LogP contribution is -2.39. The summed E-state index contributed by atoms with van der Waals surface area (Å²) in [6.07, 6.45) is 0. The molecule has 1 unspecified atom stereocenters. The molecule has 1 aromatic heterocycles. The normalized spacial score (nSPS) is 14.1. The van der Waals surface area contributed by atoms with Crippen LogP contribution in [0.4, 0.5) is 0 Å². The maximum absolute atomic E-state index is 12.1. The van der Waals surface area contributed by atoms with Gasteiger partial charge in [-0.15, -0.1) is 0 Å². The van der Waals surface area contributed by atoms with Gasteiger partial charge in [0.2, 0.25) is 10.0 Å². The third-order valence-corrected chi connectivity index (χ3v) is 4.11. The highest BCUT2D eigenvalue weighted by atomic mass is 32.2. The Morgan fingerprint density at radius 3 is 2.56 bits per heavy atom. The lowest BCUT2D eigenvalue weighted by Gasteiger charge is -2.17. The number of hydrogen-bond donors (Lipinski definition) is 2. The van der Waals surface area contributed by atoms with Gasteiger partial charge < -0.3 is 15.1 Å². The van der Waals surface area contributed by atoms with Crippen molar-refractivity contribution in [1.82, 2.24) is 9.62 Å². The molecule has 0 aromatic carbocycles. The van der Waals surface area contributed by atoms with Crippen LogP contribution in [0.5, 0.6) is 0 Å². The van der Waals surface area contributed by atoms with Crippen molar-refractivity contribution >= 4 is 10.0 Å². The van der Waals surface area contributed by atoms with Crippen LogP contribution >= 0.6 is 0 Å². The monoisotopic (exact) mass is 275 g/mol. The van der Waals surface area contributed by atoms with E-state index in [1.54, 1.807) is 6.92 Å². The van der Waals surface area contributed by atoms with Crippen molar-refractivity contribution in [2.75, 3.05) is 20.6 Å². The van der Waals surface area contributed by atoms with Gasteiger partial charge in [0, 0.05) is 18.7 Å². The molecular formula is C11H21N3O3S. The summed E-state index contributed by atoms with van der Waals surface area (Å²) in [5.74, 6) is 0.827. The van der Waals surface area contributed by atoms with E-state index in [-0.39, 0.29) is 17.5 Å². The van der Waals surface area contributed by atoms with Gasteiger partial charge in [0.15, 0.2) is 0 Å². The van der Waals surface area contributed by atoms with Crippen molar-refractivity contribution in [1.29, 1.82) is 0 Å². The van der Waals surface area contributed by atoms with Gasteiger partial charge in [0.1, 0.15) is 16.4 Å². The zero-order chi connectivity index (χ0) is 13.9. The second kappa shape index (κ2) is 5.83. The first-order valence-electron chi connectivity index (χ1n) is 5.72. The zero-order valence-electron chi connectivity index (χ0n) is 11.2. The zero-order valence-corrected chi connectivity index (χ0v) is 12.0. The summed E-state index contributed by atoms with van der Waals surface area (Å²) in [5, 5.41) is 0. The highest BCUT2D eigenvalue weighted by Gasteiger charge is 2.23. The van der Waals surface area contributed by atoms with Crippen LogP contribution in [0.15, 0.2) is 15.4 Å². The fraction of sp³-hybridized carbons (Fsp3) is 0.636. The van der Waals surface area contributed by atoms with Crippen LogP contribution in [-0.4, -0.2) is 40.0 Å². The van der Waals surface area contributed by atoms with Gasteiger partial charge in [-0.2, -0.15) is 0 Å². The Morgan fingerprint density at radius 1 is 1.50 bits per heavy atom. The molecule has 0 saturated heterocycles. The molecule has 0 fully saturated rings. The lowest BCUT2D eigenvalue weighted by atomic mass is 10.3. The Bertz CT molecular complexity index is 494. The minimum atomic E-state index is -3.55. The Morgan fingerprint density at radius 2 is 2.11 bits per heavy atom. The third-order valence-electron chi connectivity index (χ3n) is 2.41. The van der Waals surface area contributed by atoms with Gasteiger partial charge in [0.25, 0.3) is 0 Å². The maximum atomic E-state index is 12.1. The molecule has 0 aliphatic carbocycles. The molecule has 3 N–H and O–H groups in total. The maximum Gasteiger partial charge on any atom is 0.244 e. The van der Waals surface area contributed by atoms with Gasteiger partial charge in [-0.1, -0.05) is 0 Å². The van der Waals surface area contributed by atoms with Crippen molar-refractivity contribution in [3.05, 3.63) is 17.6 Å². The molecule has 0 amide bonds. The molecule has 0 saturated carbocycles. The summed E-state index contributed by atoms with van der Waals surface area (Å²) >= 11 is 0. The molecular weight excluding hydrogens is 254 g/mol. The number of nitrogens with zero attached hydrogens (tertiary/aromatic N) is 1. The molecule has 7 heteroatoms. The first kappa shape index (κ1) is 15.2. The summed E-state index contributed by atoms with van der Waals surface area (Å²) in [4.78, 5) is 2.08. The Hall–Kier alpha value is -0.890. The highest BCUT2D eigenvalue weighted by Crippen LogP contribution is 2.19. The molecule has 1 heterocycles. The highest BCUT2D eigenvalue weighted by molar-refractivity contribution is 7.89. The predicted octanol–water partition coefficient (Wildman–Crippen LogP) is 0.275. The SMILES string of the molecule is Cc1oc(CN)cc1S(=O)(=O)NC(C)CN(C)C. The molecule has 0 spiro atoms. The number of aryl methyl sites for hydroxylation is 1. The first-order chi connectivity index (χ1) is 8.26. The number of nitrogens with one attached hydrogen (secondary N) is 1. The molecule has 1 aromatic rings. The summed E-state index contributed by atoms with van der Waals surface area (Å²) in [6, 6.07) is 1.29. The van der Waals surface area contributed by atoms with E-state index in [1.165, 1.54) is 6.07 Å². The van der Waals surface area contributed by atoms with E-state index in [0.717, 1.165) is 0 Å². The second-order valence-corrected chi connectivity index (χ2v) is 6.30. The smallest absolute Gasteiger partial charge is 0.244 e. The average Bonchev–Trinajstić information content (AvgIpc) is 2.58. The summed E-state index contributed by atoms with van der Waals surface area (Å²) < 4.78 is 32.2. The van der Waals surface area contributed by atoms with Crippen molar-refractivity contribution in [3.8, 4) is 0 Å². The average molecular weight is 275 g/mol. The van der Waals surface area contributed by atoms with E-state index in [4.69, 9.17) is 10.2 Å². The lowest BCUT2D eigenvalue weighted by molar-refractivity contribution is 0.370. The van der Waals surface area contributed by atoms with Crippen LogP contribution in [0.1, 0.15) is 18.4 Å². The van der Waals surface area contributed by atoms with Crippen LogP contribution < -0.4 is 10.5 Å². The Balaban J connectivity index is 2.89. The Labute approximate surface area is 108 Å². The van der Waals surface area contributed by atoms with E-state index in [1.807, 2.05) is 25.9 Å². The van der Waals surface area contributed by atoms with Gasteiger partial charge >= 0.3 is 0 Å².